The minimum absolute atomic E-state index is 0.0316. The van der Waals surface area contributed by atoms with Crippen molar-refractivity contribution in [3.63, 3.8) is 0 Å². The molecule has 2 aromatic rings. The predicted octanol–water partition coefficient (Wildman–Crippen LogP) is 3.55. The molecule has 0 spiro atoms. The van der Waals surface area contributed by atoms with Crippen molar-refractivity contribution < 1.29 is 9.59 Å². The maximum atomic E-state index is 12.2. The Morgan fingerprint density at radius 1 is 1.13 bits per heavy atom. The number of fused-ring (bicyclic) bond motifs is 1. The number of likely N-dealkylation sites (N-methyl/N-ethyl adjacent to an activating group) is 1. The predicted molar refractivity (Wildman–Crippen MR) is 122 cm³/mol. The van der Waals surface area contributed by atoms with Crippen molar-refractivity contribution in [2.75, 3.05) is 32.5 Å². The van der Waals surface area contributed by atoms with Crippen LogP contribution < -0.4 is 16.0 Å². The minimum Gasteiger partial charge on any atom is -0.346 e. The van der Waals surface area contributed by atoms with E-state index >= 15 is 0 Å². The van der Waals surface area contributed by atoms with Gasteiger partial charge in [-0.15, -0.1) is 0 Å². The number of hydrogen-bond acceptors (Lipinski definition) is 3. The van der Waals surface area contributed by atoms with Gasteiger partial charge in [-0.1, -0.05) is 19.3 Å². The molecular formula is C23H35N5O2. The lowest BCUT2D eigenvalue weighted by molar-refractivity contribution is -0.116. The van der Waals surface area contributed by atoms with Gasteiger partial charge in [0.2, 0.25) is 5.91 Å². The lowest BCUT2D eigenvalue weighted by Gasteiger charge is -2.22. The van der Waals surface area contributed by atoms with Gasteiger partial charge in [0.15, 0.2) is 0 Å². The molecule has 1 aromatic carbocycles. The van der Waals surface area contributed by atoms with E-state index in [0.29, 0.717) is 25.4 Å². The van der Waals surface area contributed by atoms with Crippen molar-refractivity contribution in [3.05, 3.63) is 30.5 Å². The van der Waals surface area contributed by atoms with Crippen LogP contribution in [0.15, 0.2) is 30.5 Å². The molecule has 1 fully saturated rings. The number of amides is 3. The molecule has 1 heterocycles. The van der Waals surface area contributed by atoms with E-state index in [-0.39, 0.29) is 11.9 Å². The topological polar surface area (TPSA) is 78.4 Å². The van der Waals surface area contributed by atoms with Crippen LogP contribution in [0, 0.1) is 0 Å². The highest BCUT2D eigenvalue weighted by Gasteiger charge is 2.15. The average Bonchev–Trinajstić information content (AvgIpc) is 3.12. The van der Waals surface area contributed by atoms with Crippen molar-refractivity contribution in [2.24, 2.45) is 0 Å². The molecule has 164 valence electrons. The first kappa shape index (κ1) is 22.2. The van der Waals surface area contributed by atoms with Crippen LogP contribution in [-0.2, 0) is 11.3 Å². The fourth-order valence-electron chi connectivity index (χ4n) is 3.94. The number of hydrogen-bond donors (Lipinski definition) is 3. The first-order valence-electron chi connectivity index (χ1n) is 11.1. The summed E-state index contributed by atoms with van der Waals surface area (Å²) in [5.74, 6) is -0.0316. The van der Waals surface area contributed by atoms with Gasteiger partial charge in [-0.05, 0) is 57.6 Å². The number of nitrogens with zero attached hydrogens (tertiary/aromatic N) is 2. The summed E-state index contributed by atoms with van der Waals surface area (Å²) in [4.78, 5) is 26.3. The van der Waals surface area contributed by atoms with E-state index in [2.05, 4.69) is 57.8 Å². The Hall–Kier alpha value is -2.54. The fourth-order valence-corrected chi connectivity index (χ4v) is 3.94. The summed E-state index contributed by atoms with van der Waals surface area (Å²) in [6.07, 6.45) is 8.88. The van der Waals surface area contributed by atoms with Crippen LogP contribution >= 0.6 is 0 Å². The Morgan fingerprint density at radius 3 is 2.70 bits per heavy atom. The van der Waals surface area contributed by atoms with E-state index in [1.807, 2.05) is 12.1 Å². The van der Waals surface area contributed by atoms with Crippen LogP contribution in [0.2, 0.25) is 0 Å². The third-order valence-electron chi connectivity index (χ3n) is 5.65. The molecule has 0 bridgehead atoms. The van der Waals surface area contributed by atoms with Crippen LogP contribution in [0.1, 0.15) is 44.9 Å². The molecule has 0 aliphatic heterocycles. The molecule has 1 aliphatic carbocycles. The van der Waals surface area contributed by atoms with Crippen molar-refractivity contribution in [2.45, 2.75) is 57.5 Å². The molecule has 3 rings (SSSR count). The highest BCUT2D eigenvalue weighted by Crippen LogP contribution is 2.21. The second kappa shape index (κ2) is 11.0. The largest absolute Gasteiger partial charge is 0.346 e. The van der Waals surface area contributed by atoms with Gasteiger partial charge in [-0.3, -0.25) is 4.79 Å². The zero-order chi connectivity index (χ0) is 21.3. The van der Waals surface area contributed by atoms with E-state index in [1.165, 1.54) is 24.8 Å². The van der Waals surface area contributed by atoms with Crippen molar-refractivity contribution in [1.29, 1.82) is 0 Å². The maximum Gasteiger partial charge on any atom is 0.315 e. The first-order chi connectivity index (χ1) is 14.5. The molecule has 3 amide bonds. The van der Waals surface area contributed by atoms with Crippen LogP contribution in [0.3, 0.4) is 0 Å². The number of carbonyl (C=O) groups excluding carboxylic acids is 2. The van der Waals surface area contributed by atoms with Crippen LogP contribution in [0.25, 0.3) is 10.9 Å². The standard InChI is InChI=1S/C23H35N5O2/c1-27(2)15-16-28-14-12-18-17-20(10-11-21(18)28)25-22(29)9-6-13-24-23(30)26-19-7-4-3-5-8-19/h10-12,14,17,19H,3-9,13,15-16H2,1-2H3,(H,25,29)(H2,24,26,30). The molecule has 30 heavy (non-hydrogen) atoms. The van der Waals surface area contributed by atoms with Gasteiger partial charge in [0.1, 0.15) is 0 Å². The number of aromatic nitrogens is 1. The Bertz CT molecular complexity index is 839. The second-order valence-corrected chi connectivity index (χ2v) is 8.47. The smallest absolute Gasteiger partial charge is 0.315 e. The quantitative estimate of drug-likeness (QED) is 0.550. The van der Waals surface area contributed by atoms with E-state index < -0.39 is 0 Å². The Kier molecular flexibility index (Phi) is 8.13. The average molecular weight is 414 g/mol. The summed E-state index contributed by atoms with van der Waals surface area (Å²) in [5.41, 5.74) is 1.98. The van der Waals surface area contributed by atoms with E-state index in [9.17, 15) is 9.59 Å². The summed E-state index contributed by atoms with van der Waals surface area (Å²) in [6, 6.07) is 8.27. The molecule has 0 saturated heterocycles. The molecule has 0 atom stereocenters. The summed E-state index contributed by atoms with van der Waals surface area (Å²) in [5, 5.41) is 9.97. The van der Waals surface area contributed by atoms with E-state index in [1.54, 1.807) is 0 Å². The van der Waals surface area contributed by atoms with Crippen molar-refractivity contribution in [3.8, 4) is 0 Å². The van der Waals surface area contributed by atoms with Gasteiger partial charge in [0, 0.05) is 54.9 Å². The fraction of sp³-hybridized carbons (Fsp3) is 0.565. The van der Waals surface area contributed by atoms with Crippen LogP contribution in [-0.4, -0.2) is 54.6 Å². The number of carbonyl (C=O) groups is 2. The Balaban J connectivity index is 1.38. The molecule has 1 aromatic heterocycles. The Morgan fingerprint density at radius 2 is 1.93 bits per heavy atom. The zero-order valence-corrected chi connectivity index (χ0v) is 18.2. The molecule has 7 nitrogen and oxygen atoms in total. The van der Waals surface area contributed by atoms with Gasteiger partial charge in [-0.2, -0.15) is 0 Å². The number of rotatable bonds is 9. The molecule has 0 unspecified atom stereocenters. The van der Waals surface area contributed by atoms with Crippen LogP contribution in [0.5, 0.6) is 0 Å². The van der Waals surface area contributed by atoms with Gasteiger partial charge < -0.3 is 25.4 Å². The molecule has 3 N–H and O–H groups in total. The third-order valence-corrected chi connectivity index (χ3v) is 5.65. The van der Waals surface area contributed by atoms with Crippen molar-refractivity contribution in [1.82, 2.24) is 20.1 Å². The Labute approximate surface area is 179 Å². The molecule has 1 saturated carbocycles. The summed E-state index contributed by atoms with van der Waals surface area (Å²) in [6.45, 7) is 2.41. The highest BCUT2D eigenvalue weighted by molar-refractivity contribution is 5.93. The van der Waals surface area contributed by atoms with E-state index in [4.69, 9.17) is 0 Å². The lowest BCUT2D eigenvalue weighted by atomic mass is 9.96. The minimum atomic E-state index is -0.119. The lowest BCUT2D eigenvalue weighted by Crippen LogP contribution is -2.43. The van der Waals surface area contributed by atoms with E-state index in [0.717, 1.165) is 37.0 Å². The number of urea groups is 1. The zero-order valence-electron chi connectivity index (χ0n) is 18.2. The van der Waals surface area contributed by atoms with Gasteiger partial charge in [0.25, 0.3) is 0 Å². The van der Waals surface area contributed by atoms with Crippen molar-refractivity contribution >= 4 is 28.5 Å². The van der Waals surface area contributed by atoms with Crippen LogP contribution in [0.4, 0.5) is 10.5 Å². The van der Waals surface area contributed by atoms with Gasteiger partial charge in [0.05, 0.1) is 0 Å². The van der Waals surface area contributed by atoms with Gasteiger partial charge >= 0.3 is 6.03 Å². The summed E-state index contributed by atoms with van der Waals surface area (Å²) < 4.78 is 2.23. The second-order valence-electron chi connectivity index (χ2n) is 8.47. The van der Waals surface area contributed by atoms with Gasteiger partial charge in [-0.25, -0.2) is 4.79 Å². The first-order valence-corrected chi connectivity index (χ1v) is 11.1. The number of nitrogens with one attached hydrogen (secondary N) is 3. The maximum absolute atomic E-state index is 12.2. The SMILES string of the molecule is CN(C)CCn1ccc2cc(NC(=O)CCCNC(=O)NC3CCCCC3)ccc21. The third kappa shape index (κ3) is 6.76. The molecule has 0 radical (unpaired) electrons. The molecule has 7 heteroatoms. The normalized spacial score (nSPS) is 14.8. The summed E-state index contributed by atoms with van der Waals surface area (Å²) in [7, 11) is 4.14. The number of anilines is 1. The number of benzene rings is 1. The highest BCUT2D eigenvalue weighted by atomic mass is 16.2. The monoisotopic (exact) mass is 413 g/mol. The molecule has 1 aliphatic rings. The summed E-state index contributed by atoms with van der Waals surface area (Å²) >= 11 is 0. The molecular weight excluding hydrogens is 378 g/mol.